The summed E-state index contributed by atoms with van der Waals surface area (Å²) in [6.45, 7) is 4.35. The number of rotatable bonds is 3. The van der Waals surface area contributed by atoms with Crippen LogP contribution < -0.4 is 0 Å². The zero-order chi connectivity index (χ0) is 9.84. The van der Waals surface area contributed by atoms with Gasteiger partial charge in [0.25, 0.3) is 0 Å². The molecule has 0 aliphatic heterocycles. The molecule has 0 aliphatic carbocycles. The van der Waals surface area contributed by atoms with Crippen molar-refractivity contribution >= 4 is 23.2 Å². The Hall–Kier alpha value is -0.200. The first-order chi connectivity index (χ1) is 6.15. The van der Waals surface area contributed by atoms with E-state index in [0.717, 1.165) is 5.02 Å². The summed E-state index contributed by atoms with van der Waals surface area (Å²) in [5, 5.41) is 0.785. The highest BCUT2D eigenvalue weighted by atomic mass is 35.5. The zero-order valence-electron chi connectivity index (χ0n) is 7.93. The van der Waals surface area contributed by atoms with Crippen LogP contribution in [-0.4, -0.2) is 5.88 Å². The molecule has 1 rings (SSSR count). The van der Waals surface area contributed by atoms with Crippen LogP contribution in [0.4, 0.5) is 0 Å². The lowest BCUT2D eigenvalue weighted by atomic mass is 9.90. The highest BCUT2D eigenvalue weighted by molar-refractivity contribution is 6.30. The second kappa shape index (κ2) is 4.88. The van der Waals surface area contributed by atoms with Crippen LogP contribution >= 0.6 is 23.2 Å². The highest BCUT2D eigenvalue weighted by Crippen LogP contribution is 2.27. The Labute approximate surface area is 89.9 Å². The molecule has 0 aromatic heterocycles. The summed E-state index contributed by atoms with van der Waals surface area (Å²) < 4.78 is 0. The fraction of sp³-hybridized carbons (Fsp3) is 0.455. The molecule has 0 N–H and O–H groups in total. The van der Waals surface area contributed by atoms with Crippen molar-refractivity contribution < 1.29 is 0 Å². The molecule has 0 radical (unpaired) electrons. The zero-order valence-corrected chi connectivity index (χ0v) is 9.44. The molecule has 0 saturated carbocycles. The van der Waals surface area contributed by atoms with Crippen LogP contribution in [0.1, 0.15) is 25.3 Å². The molecule has 1 aromatic rings. The van der Waals surface area contributed by atoms with Crippen molar-refractivity contribution in [2.24, 2.45) is 5.92 Å². The Morgan fingerprint density at radius 1 is 1.31 bits per heavy atom. The molecule has 0 spiro atoms. The Bertz CT molecular complexity index is 269. The van der Waals surface area contributed by atoms with Crippen molar-refractivity contribution in [3.8, 4) is 0 Å². The second-order valence-corrected chi connectivity index (χ2v) is 4.30. The van der Waals surface area contributed by atoms with E-state index in [1.54, 1.807) is 0 Å². The van der Waals surface area contributed by atoms with Crippen LogP contribution in [0, 0.1) is 5.92 Å². The molecular formula is C11H14Cl2. The van der Waals surface area contributed by atoms with Crippen LogP contribution in [0.25, 0.3) is 0 Å². The minimum absolute atomic E-state index is 0.403. The van der Waals surface area contributed by atoms with E-state index in [1.807, 2.05) is 18.2 Å². The van der Waals surface area contributed by atoms with Gasteiger partial charge in [0.1, 0.15) is 0 Å². The fourth-order valence-corrected chi connectivity index (χ4v) is 2.12. The molecular weight excluding hydrogens is 203 g/mol. The lowest BCUT2D eigenvalue weighted by molar-refractivity contribution is 0.540. The largest absolute Gasteiger partial charge is 0.126 e. The minimum atomic E-state index is 0.403. The summed E-state index contributed by atoms with van der Waals surface area (Å²) in [4.78, 5) is 0. The van der Waals surface area contributed by atoms with E-state index in [-0.39, 0.29) is 0 Å². The van der Waals surface area contributed by atoms with E-state index in [0.29, 0.717) is 17.7 Å². The Morgan fingerprint density at radius 2 is 2.00 bits per heavy atom. The number of alkyl halides is 1. The SMILES string of the molecule is CC(C)C(CCl)c1cccc(Cl)c1. The van der Waals surface area contributed by atoms with Crippen molar-refractivity contribution in [3.05, 3.63) is 34.9 Å². The van der Waals surface area contributed by atoms with E-state index in [2.05, 4.69) is 19.9 Å². The van der Waals surface area contributed by atoms with Gasteiger partial charge in [0, 0.05) is 10.9 Å². The summed E-state index contributed by atoms with van der Waals surface area (Å²) in [6.07, 6.45) is 0. The first kappa shape index (κ1) is 10.9. The standard InChI is InChI=1S/C11H14Cl2/c1-8(2)11(7-12)9-4-3-5-10(13)6-9/h3-6,8,11H,7H2,1-2H3. The summed E-state index contributed by atoms with van der Waals surface area (Å²) in [5.74, 6) is 1.61. The molecule has 2 heteroatoms. The van der Waals surface area contributed by atoms with Gasteiger partial charge in [-0.1, -0.05) is 37.6 Å². The Balaban J connectivity index is 2.91. The van der Waals surface area contributed by atoms with Gasteiger partial charge in [-0.25, -0.2) is 0 Å². The average Bonchev–Trinajstić information content (AvgIpc) is 2.04. The van der Waals surface area contributed by atoms with Gasteiger partial charge in [-0.15, -0.1) is 11.6 Å². The van der Waals surface area contributed by atoms with Gasteiger partial charge in [-0.2, -0.15) is 0 Å². The summed E-state index contributed by atoms with van der Waals surface area (Å²) >= 11 is 11.8. The maximum Gasteiger partial charge on any atom is 0.0408 e. The molecule has 0 bridgehead atoms. The van der Waals surface area contributed by atoms with Crippen molar-refractivity contribution in [3.63, 3.8) is 0 Å². The topological polar surface area (TPSA) is 0 Å². The summed E-state index contributed by atoms with van der Waals surface area (Å²) in [7, 11) is 0. The lowest BCUT2D eigenvalue weighted by Crippen LogP contribution is -2.07. The van der Waals surface area contributed by atoms with E-state index >= 15 is 0 Å². The summed E-state index contributed by atoms with van der Waals surface area (Å²) in [6, 6.07) is 7.93. The van der Waals surface area contributed by atoms with Crippen molar-refractivity contribution in [1.29, 1.82) is 0 Å². The van der Waals surface area contributed by atoms with Gasteiger partial charge < -0.3 is 0 Å². The van der Waals surface area contributed by atoms with Crippen LogP contribution in [0.2, 0.25) is 5.02 Å². The predicted molar refractivity (Wildman–Crippen MR) is 59.8 cm³/mol. The quantitative estimate of drug-likeness (QED) is 0.661. The third-order valence-electron chi connectivity index (χ3n) is 2.25. The van der Waals surface area contributed by atoms with Crippen LogP contribution in [-0.2, 0) is 0 Å². The Morgan fingerprint density at radius 3 is 2.46 bits per heavy atom. The molecule has 1 aromatic carbocycles. The van der Waals surface area contributed by atoms with Crippen molar-refractivity contribution in [2.45, 2.75) is 19.8 Å². The van der Waals surface area contributed by atoms with Gasteiger partial charge in [0.15, 0.2) is 0 Å². The molecule has 72 valence electrons. The highest BCUT2D eigenvalue weighted by Gasteiger charge is 2.14. The first-order valence-corrected chi connectivity index (χ1v) is 5.38. The van der Waals surface area contributed by atoms with Gasteiger partial charge in [-0.3, -0.25) is 0 Å². The van der Waals surface area contributed by atoms with Gasteiger partial charge in [0.05, 0.1) is 0 Å². The number of hydrogen-bond acceptors (Lipinski definition) is 0. The normalized spacial score (nSPS) is 13.3. The van der Waals surface area contributed by atoms with Crippen LogP contribution in [0.15, 0.2) is 24.3 Å². The molecule has 0 nitrogen and oxygen atoms in total. The summed E-state index contributed by atoms with van der Waals surface area (Å²) in [5.41, 5.74) is 1.23. The van der Waals surface area contributed by atoms with Crippen LogP contribution in [0.5, 0.6) is 0 Å². The van der Waals surface area contributed by atoms with E-state index in [4.69, 9.17) is 23.2 Å². The van der Waals surface area contributed by atoms with Crippen molar-refractivity contribution in [1.82, 2.24) is 0 Å². The van der Waals surface area contributed by atoms with Gasteiger partial charge in [-0.05, 0) is 29.5 Å². The fourth-order valence-electron chi connectivity index (χ4n) is 1.39. The maximum absolute atomic E-state index is 5.91. The molecule has 0 heterocycles. The van der Waals surface area contributed by atoms with E-state index in [1.165, 1.54) is 5.56 Å². The number of halogens is 2. The second-order valence-electron chi connectivity index (χ2n) is 3.56. The maximum atomic E-state index is 5.91. The molecule has 1 atom stereocenters. The molecule has 13 heavy (non-hydrogen) atoms. The van der Waals surface area contributed by atoms with Gasteiger partial charge >= 0.3 is 0 Å². The molecule has 1 unspecified atom stereocenters. The first-order valence-electron chi connectivity index (χ1n) is 4.46. The minimum Gasteiger partial charge on any atom is -0.126 e. The molecule has 0 aliphatic rings. The molecule has 0 amide bonds. The van der Waals surface area contributed by atoms with E-state index in [9.17, 15) is 0 Å². The number of benzene rings is 1. The molecule has 0 saturated heterocycles. The smallest absolute Gasteiger partial charge is 0.0408 e. The third kappa shape index (κ3) is 2.89. The van der Waals surface area contributed by atoms with E-state index < -0.39 is 0 Å². The van der Waals surface area contributed by atoms with Gasteiger partial charge in [0.2, 0.25) is 0 Å². The monoisotopic (exact) mass is 216 g/mol. The molecule has 0 fully saturated rings. The number of hydrogen-bond donors (Lipinski definition) is 0. The van der Waals surface area contributed by atoms with Crippen molar-refractivity contribution in [2.75, 3.05) is 5.88 Å². The Kier molecular flexibility index (Phi) is 4.08. The third-order valence-corrected chi connectivity index (χ3v) is 2.82. The lowest BCUT2D eigenvalue weighted by Gasteiger charge is -2.18. The average molecular weight is 217 g/mol. The van der Waals surface area contributed by atoms with Crippen LogP contribution in [0.3, 0.4) is 0 Å². The predicted octanol–water partition coefficient (Wildman–Crippen LogP) is 4.32.